The van der Waals surface area contributed by atoms with Crippen LogP contribution in [0.15, 0.2) is 47.6 Å². The molecule has 0 aromatic carbocycles. The maximum Gasteiger partial charge on any atom is 0.508 e. The number of carbonyl (C=O) groups is 6. The minimum atomic E-state index is -2.46. The van der Waals surface area contributed by atoms with Crippen LogP contribution in [0.5, 0.6) is 0 Å². The number of esters is 1. The van der Waals surface area contributed by atoms with Crippen molar-refractivity contribution in [1.29, 1.82) is 0 Å². The highest BCUT2D eigenvalue weighted by molar-refractivity contribution is 6.39. The Bertz CT molecular complexity index is 1980. The van der Waals surface area contributed by atoms with Crippen LogP contribution in [-0.4, -0.2) is 151 Å². The van der Waals surface area contributed by atoms with Gasteiger partial charge in [-0.25, -0.2) is 9.59 Å². The molecule has 1 aliphatic carbocycles. The van der Waals surface area contributed by atoms with E-state index in [4.69, 9.17) is 33.2 Å². The van der Waals surface area contributed by atoms with Gasteiger partial charge in [0.2, 0.25) is 5.79 Å². The first-order valence-electron chi connectivity index (χ1n) is 26.5. The van der Waals surface area contributed by atoms with Crippen molar-refractivity contribution in [2.24, 2.45) is 41.4 Å². The number of hydrogen-bond acceptors (Lipinski definition) is 16. The summed E-state index contributed by atoms with van der Waals surface area (Å²) >= 11 is 0. The molecule has 3 N–H and O–H groups in total. The summed E-state index contributed by atoms with van der Waals surface area (Å²) < 4.78 is 40.5. The Morgan fingerprint density at radius 3 is 2.26 bits per heavy atom. The fraction of sp³-hybridized carbons (Fsp3) is 0.750. The van der Waals surface area contributed by atoms with E-state index < -0.39 is 102 Å². The number of methoxy groups -OCH3 is 3. The van der Waals surface area contributed by atoms with Gasteiger partial charge in [0.1, 0.15) is 36.2 Å². The summed E-state index contributed by atoms with van der Waals surface area (Å²) in [5, 5.41) is 32.8. The fourth-order valence-electron chi connectivity index (χ4n) is 10.7. The van der Waals surface area contributed by atoms with Crippen LogP contribution in [0.2, 0.25) is 0 Å². The van der Waals surface area contributed by atoms with Crippen LogP contribution in [0.4, 0.5) is 4.79 Å². The van der Waals surface area contributed by atoms with Crippen molar-refractivity contribution >= 4 is 35.4 Å². The van der Waals surface area contributed by atoms with Crippen molar-refractivity contribution in [3.05, 3.63) is 47.6 Å². The zero-order valence-corrected chi connectivity index (χ0v) is 45.3. The quantitative estimate of drug-likeness (QED) is 0.114. The number of carbonyl (C=O) groups excluding carboxylic acids is 6. The van der Waals surface area contributed by atoms with Crippen LogP contribution in [0, 0.1) is 41.4 Å². The van der Waals surface area contributed by atoms with E-state index in [2.05, 4.69) is 0 Å². The van der Waals surface area contributed by atoms with Gasteiger partial charge in [-0.05, 0) is 107 Å². The molecule has 1 saturated carbocycles. The average Bonchev–Trinajstić information content (AvgIpc) is 3.37. The zero-order chi connectivity index (χ0) is 54.2. The van der Waals surface area contributed by atoms with Crippen molar-refractivity contribution < 1.29 is 77.2 Å². The lowest BCUT2D eigenvalue weighted by Gasteiger charge is -2.42. The number of Topliss-reactive ketones (excluding diaryl/α,β-unsaturated/α-hetero) is 3. The Balaban J connectivity index is 1.67. The Morgan fingerprint density at radius 2 is 1.59 bits per heavy atom. The highest BCUT2D eigenvalue weighted by Crippen LogP contribution is 2.38. The number of hydrogen-bond donors (Lipinski definition) is 3. The minimum Gasteiger partial charge on any atom is -0.460 e. The third-order valence-electron chi connectivity index (χ3n) is 15.5. The number of ether oxygens (including phenoxy) is 7. The van der Waals surface area contributed by atoms with Gasteiger partial charge in [-0.1, -0.05) is 78.0 Å². The summed E-state index contributed by atoms with van der Waals surface area (Å²) in [5.74, 6) is -8.72. The van der Waals surface area contributed by atoms with E-state index >= 15 is 0 Å². The van der Waals surface area contributed by atoms with Gasteiger partial charge >= 0.3 is 12.1 Å². The van der Waals surface area contributed by atoms with E-state index in [0.717, 1.165) is 5.57 Å². The maximum atomic E-state index is 14.5. The summed E-state index contributed by atoms with van der Waals surface area (Å²) in [7, 11) is 4.46. The van der Waals surface area contributed by atoms with E-state index in [1.54, 1.807) is 47.8 Å². The van der Waals surface area contributed by atoms with Gasteiger partial charge < -0.3 is 53.4 Å². The van der Waals surface area contributed by atoms with Crippen LogP contribution < -0.4 is 0 Å². The third kappa shape index (κ3) is 17.2. The van der Waals surface area contributed by atoms with Crippen molar-refractivity contribution in [1.82, 2.24) is 4.90 Å². The molecule has 4 aliphatic rings. The van der Waals surface area contributed by atoms with Gasteiger partial charge in [-0.2, -0.15) is 0 Å². The highest BCUT2D eigenvalue weighted by Gasteiger charge is 2.53. The van der Waals surface area contributed by atoms with Crippen LogP contribution in [0.3, 0.4) is 0 Å². The standard InChI is InChI=1S/C56H87NO16/c1-33-17-13-12-14-18-35(3)46(67-9)29-42-22-20-40(8)56(66,73-42)52(62)53(63)57-24-16-15-19-43(57)54(64)71-47(30-44(59)36(4)26-39(7)50(61)51(69-11)49(60)38(6)25-33)37(5)27-41-21-23-45(48(28-41)68-10)72-55(65)70-32-34(2)31-58/h12-14,17-18,26,33-34,36-38,40-43,45-48,50-51,58,61,66H,15-16,19-25,27-32H2,1-11H3/b14-12+,17-13+,35-18+,39-26+/t33-,34?,36-,37-,38-,40-,41+,42?,43?,45-,46+,47+,48-,50-,51+,56-/m1/s1. The number of aliphatic hydroxyl groups excluding tert-OH is 2. The van der Waals surface area contributed by atoms with Crippen molar-refractivity contribution in [2.75, 3.05) is 41.1 Å². The molecule has 412 valence electrons. The van der Waals surface area contributed by atoms with E-state index in [9.17, 15) is 44.1 Å². The van der Waals surface area contributed by atoms with Gasteiger partial charge in [0, 0.05) is 71.0 Å². The normalized spacial score (nSPS) is 37.6. The van der Waals surface area contributed by atoms with E-state index in [1.807, 2.05) is 51.2 Å². The summed E-state index contributed by atoms with van der Waals surface area (Å²) in [6.45, 7) is 14.2. The zero-order valence-electron chi connectivity index (χ0n) is 45.3. The fourth-order valence-corrected chi connectivity index (χ4v) is 10.7. The van der Waals surface area contributed by atoms with Gasteiger partial charge in [0.05, 0.1) is 24.9 Å². The first-order valence-corrected chi connectivity index (χ1v) is 26.5. The monoisotopic (exact) mass is 1030 g/mol. The number of amides is 1. The molecule has 0 radical (unpaired) electrons. The molecule has 3 fully saturated rings. The molecule has 17 nitrogen and oxygen atoms in total. The molecule has 4 rings (SSSR count). The van der Waals surface area contributed by atoms with E-state index in [0.29, 0.717) is 69.8 Å². The molecule has 73 heavy (non-hydrogen) atoms. The smallest absolute Gasteiger partial charge is 0.460 e. The van der Waals surface area contributed by atoms with Crippen LogP contribution >= 0.6 is 0 Å². The maximum absolute atomic E-state index is 14.5. The van der Waals surface area contributed by atoms with Crippen molar-refractivity contribution in [3.8, 4) is 0 Å². The number of nitrogens with zero attached hydrogens (tertiary/aromatic N) is 1. The molecule has 0 aromatic rings. The average molecular weight is 1030 g/mol. The van der Waals surface area contributed by atoms with Gasteiger partial charge in [0.25, 0.3) is 11.7 Å². The molecular formula is C56H87NO16. The molecule has 1 amide bonds. The lowest BCUT2D eigenvalue weighted by molar-refractivity contribution is -0.265. The van der Waals surface area contributed by atoms with Gasteiger partial charge in [-0.3, -0.25) is 19.2 Å². The van der Waals surface area contributed by atoms with E-state index in [1.165, 1.54) is 19.1 Å². The second-order valence-corrected chi connectivity index (χ2v) is 21.5. The first-order chi connectivity index (χ1) is 34.6. The number of aliphatic hydroxyl groups is 3. The second kappa shape index (κ2) is 29.3. The molecular weight excluding hydrogens is 943 g/mol. The van der Waals surface area contributed by atoms with Crippen molar-refractivity contribution in [3.63, 3.8) is 0 Å². The number of fused-ring (bicyclic) bond motifs is 3. The number of allylic oxidation sites excluding steroid dienone is 6. The van der Waals surface area contributed by atoms with Crippen LogP contribution in [-0.2, 0) is 57.1 Å². The first kappa shape index (κ1) is 61.4. The SMILES string of the molecule is CO[C@H]1CC2CC[C@@H](C)[C@@](O)(O2)C(=O)C(=O)N2CCCCC2C(=O)O[C@H]([C@H](C)C[C@@H]2CC[C@@H](OC(=O)OCC(C)CO)[C@H](OC)C2)CC(=O)[C@H](C)/C=C(\C)[C@@H](O)[C@@H](OC)C(=O)[C@H](C)C[C@H](C)/C=C/C=C/C=C/1C. The summed E-state index contributed by atoms with van der Waals surface area (Å²) in [5.41, 5.74) is 1.22. The predicted molar refractivity (Wildman–Crippen MR) is 272 cm³/mol. The second-order valence-electron chi connectivity index (χ2n) is 21.5. The third-order valence-corrected chi connectivity index (χ3v) is 15.5. The molecule has 3 heterocycles. The summed E-state index contributed by atoms with van der Waals surface area (Å²) in [6.07, 6.45) is 9.33. The number of ketones is 3. The Morgan fingerprint density at radius 1 is 0.863 bits per heavy atom. The summed E-state index contributed by atoms with van der Waals surface area (Å²) in [4.78, 5) is 84.9. The topological polar surface area (TPSA) is 231 Å². The van der Waals surface area contributed by atoms with Crippen molar-refractivity contribution in [2.45, 2.75) is 187 Å². The summed E-state index contributed by atoms with van der Waals surface area (Å²) in [6, 6.07) is -1.19. The number of rotatable bonds is 10. The molecule has 2 bridgehead atoms. The highest BCUT2D eigenvalue weighted by atomic mass is 16.7. The molecule has 0 aromatic heterocycles. The Hall–Kier alpha value is -4.10. The number of cyclic esters (lactones) is 1. The molecule has 16 atom stereocenters. The molecule has 2 saturated heterocycles. The molecule has 3 aliphatic heterocycles. The lowest BCUT2D eigenvalue weighted by atomic mass is 9.78. The van der Waals surface area contributed by atoms with Crippen LogP contribution in [0.25, 0.3) is 0 Å². The molecule has 3 unspecified atom stereocenters. The molecule has 0 spiro atoms. The minimum absolute atomic E-state index is 0.00162. The largest absolute Gasteiger partial charge is 0.508 e. The number of piperidine rings is 1. The lowest BCUT2D eigenvalue weighted by Crippen LogP contribution is -2.61. The van der Waals surface area contributed by atoms with E-state index in [-0.39, 0.29) is 61.9 Å². The van der Waals surface area contributed by atoms with Gasteiger partial charge in [-0.15, -0.1) is 0 Å². The molecule has 17 heteroatoms. The Kier molecular flexibility index (Phi) is 24.6. The Labute approximate surface area is 433 Å². The predicted octanol–water partition coefficient (Wildman–Crippen LogP) is 6.97. The van der Waals surface area contributed by atoms with Gasteiger partial charge in [0.15, 0.2) is 5.78 Å². The van der Waals surface area contributed by atoms with Crippen LogP contribution in [0.1, 0.15) is 132 Å².